The molecule has 122 valence electrons. The molecule has 0 spiro atoms. The monoisotopic (exact) mass is 315 g/mol. The Morgan fingerprint density at radius 1 is 1.04 bits per heavy atom. The molecule has 0 saturated heterocycles. The van der Waals surface area contributed by atoms with Crippen molar-refractivity contribution in [2.24, 2.45) is 0 Å². The third-order valence-electron chi connectivity index (χ3n) is 3.68. The first-order valence-corrected chi connectivity index (χ1v) is 7.59. The van der Waals surface area contributed by atoms with E-state index in [0.29, 0.717) is 19.7 Å². The van der Waals surface area contributed by atoms with Crippen molar-refractivity contribution in [3.63, 3.8) is 0 Å². The van der Waals surface area contributed by atoms with Crippen molar-refractivity contribution in [1.29, 1.82) is 0 Å². The highest BCUT2D eigenvalue weighted by atomic mass is 16.6. The number of rotatable bonds is 6. The quantitative estimate of drug-likeness (QED) is 0.888. The highest BCUT2D eigenvalue weighted by Crippen LogP contribution is 2.30. The lowest BCUT2D eigenvalue weighted by Gasteiger charge is -2.26. The molecule has 1 N–H and O–H groups in total. The Labute approximate surface area is 136 Å². The number of hydrogen-bond donors (Lipinski definition) is 1. The Morgan fingerprint density at radius 3 is 2.43 bits per heavy atom. The number of methoxy groups -OCH3 is 2. The molecule has 1 aliphatic heterocycles. The zero-order valence-electron chi connectivity index (χ0n) is 13.4. The van der Waals surface area contributed by atoms with Gasteiger partial charge in [0.05, 0.1) is 14.2 Å². The summed E-state index contributed by atoms with van der Waals surface area (Å²) in [6.45, 7) is 1.95. The van der Waals surface area contributed by atoms with E-state index in [2.05, 4.69) is 5.32 Å². The Balaban J connectivity index is 1.54. The van der Waals surface area contributed by atoms with E-state index >= 15 is 0 Å². The van der Waals surface area contributed by atoms with Crippen LogP contribution in [-0.4, -0.2) is 33.5 Å². The van der Waals surface area contributed by atoms with Gasteiger partial charge in [0.2, 0.25) is 0 Å². The minimum absolute atomic E-state index is 0.00240. The first kappa shape index (κ1) is 15.5. The maximum Gasteiger partial charge on any atom is 0.161 e. The molecule has 5 nitrogen and oxygen atoms in total. The second-order valence-electron chi connectivity index (χ2n) is 5.35. The molecule has 2 aromatic carbocycles. The SMILES string of the molecule is COc1cc(CNCC2COc3ccccc3O2)cc(OC)c1. The molecular formula is C18H21NO4. The van der Waals surface area contributed by atoms with Gasteiger partial charge in [0, 0.05) is 19.2 Å². The third-order valence-corrected chi connectivity index (χ3v) is 3.68. The zero-order chi connectivity index (χ0) is 16.1. The van der Waals surface area contributed by atoms with Crippen LogP contribution in [0.15, 0.2) is 42.5 Å². The fraction of sp³-hybridized carbons (Fsp3) is 0.333. The number of nitrogens with one attached hydrogen (secondary N) is 1. The van der Waals surface area contributed by atoms with Crippen LogP contribution in [0.25, 0.3) is 0 Å². The van der Waals surface area contributed by atoms with Crippen LogP contribution in [0, 0.1) is 0 Å². The molecule has 1 heterocycles. The molecule has 1 unspecified atom stereocenters. The van der Waals surface area contributed by atoms with Crippen LogP contribution in [0.1, 0.15) is 5.56 Å². The molecule has 1 atom stereocenters. The lowest BCUT2D eigenvalue weighted by molar-refractivity contribution is 0.0902. The molecule has 23 heavy (non-hydrogen) atoms. The van der Waals surface area contributed by atoms with Crippen LogP contribution >= 0.6 is 0 Å². The van der Waals surface area contributed by atoms with Gasteiger partial charge >= 0.3 is 0 Å². The molecule has 0 radical (unpaired) electrons. The summed E-state index contributed by atoms with van der Waals surface area (Å²) in [5.41, 5.74) is 1.10. The van der Waals surface area contributed by atoms with E-state index in [-0.39, 0.29) is 6.10 Å². The highest BCUT2D eigenvalue weighted by molar-refractivity contribution is 5.41. The maximum absolute atomic E-state index is 5.92. The van der Waals surface area contributed by atoms with Crippen LogP contribution in [0.5, 0.6) is 23.0 Å². The average molecular weight is 315 g/mol. The molecular weight excluding hydrogens is 294 g/mol. The molecule has 0 aromatic heterocycles. The lowest BCUT2D eigenvalue weighted by Crippen LogP contribution is -2.38. The predicted molar refractivity (Wildman–Crippen MR) is 87.6 cm³/mol. The van der Waals surface area contributed by atoms with Gasteiger partial charge in [-0.1, -0.05) is 12.1 Å². The van der Waals surface area contributed by atoms with E-state index in [1.54, 1.807) is 14.2 Å². The second kappa shape index (κ2) is 7.24. The van der Waals surface area contributed by atoms with Gasteiger partial charge in [-0.05, 0) is 29.8 Å². The van der Waals surface area contributed by atoms with Crippen molar-refractivity contribution in [3.8, 4) is 23.0 Å². The first-order chi connectivity index (χ1) is 11.3. The number of ether oxygens (including phenoxy) is 4. The van der Waals surface area contributed by atoms with Crippen LogP contribution in [0.2, 0.25) is 0 Å². The fourth-order valence-corrected chi connectivity index (χ4v) is 2.51. The topological polar surface area (TPSA) is 49.0 Å². The molecule has 0 fully saturated rings. The Hall–Kier alpha value is -2.40. The summed E-state index contributed by atoms with van der Waals surface area (Å²) in [6, 6.07) is 13.6. The van der Waals surface area contributed by atoms with Gasteiger partial charge in [0.25, 0.3) is 0 Å². The summed E-state index contributed by atoms with van der Waals surface area (Å²) in [7, 11) is 3.30. The lowest BCUT2D eigenvalue weighted by atomic mass is 10.2. The molecule has 0 aliphatic carbocycles. The van der Waals surface area contributed by atoms with Crippen molar-refractivity contribution in [2.75, 3.05) is 27.4 Å². The standard InChI is InChI=1S/C18H21NO4/c1-20-14-7-13(8-15(9-14)21-2)10-19-11-16-12-22-17-5-3-4-6-18(17)23-16/h3-9,16,19H,10-12H2,1-2H3. The normalized spacial score (nSPS) is 16.0. The Morgan fingerprint density at radius 2 is 1.74 bits per heavy atom. The molecule has 0 amide bonds. The van der Waals surface area contributed by atoms with Gasteiger partial charge in [0.1, 0.15) is 24.2 Å². The molecule has 2 aromatic rings. The van der Waals surface area contributed by atoms with Gasteiger partial charge < -0.3 is 24.3 Å². The number of fused-ring (bicyclic) bond motifs is 1. The number of para-hydroxylation sites is 2. The molecule has 0 bridgehead atoms. The smallest absolute Gasteiger partial charge is 0.161 e. The van der Waals surface area contributed by atoms with Gasteiger partial charge in [-0.25, -0.2) is 0 Å². The van der Waals surface area contributed by atoms with E-state index in [4.69, 9.17) is 18.9 Å². The van der Waals surface area contributed by atoms with E-state index < -0.39 is 0 Å². The van der Waals surface area contributed by atoms with Crippen LogP contribution < -0.4 is 24.3 Å². The van der Waals surface area contributed by atoms with E-state index in [1.807, 2.05) is 42.5 Å². The van der Waals surface area contributed by atoms with Crippen molar-refractivity contribution in [3.05, 3.63) is 48.0 Å². The van der Waals surface area contributed by atoms with Crippen molar-refractivity contribution in [2.45, 2.75) is 12.6 Å². The molecule has 0 saturated carbocycles. The predicted octanol–water partition coefficient (Wildman–Crippen LogP) is 2.63. The number of hydrogen-bond acceptors (Lipinski definition) is 5. The largest absolute Gasteiger partial charge is 0.497 e. The third kappa shape index (κ3) is 3.87. The van der Waals surface area contributed by atoms with Gasteiger partial charge in [-0.2, -0.15) is 0 Å². The summed E-state index contributed by atoms with van der Waals surface area (Å²) < 4.78 is 22.2. The summed E-state index contributed by atoms with van der Waals surface area (Å²) >= 11 is 0. The molecule has 3 rings (SSSR count). The fourth-order valence-electron chi connectivity index (χ4n) is 2.51. The van der Waals surface area contributed by atoms with Crippen molar-refractivity contribution in [1.82, 2.24) is 5.32 Å². The summed E-state index contributed by atoms with van der Waals surface area (Å²) in [4.78, 5) is 0. The Bertz CT molecular complexity index is 637. The van der Waals surface area contributed by atoms with Gasteiger partial charge in [-0.3, -0.25) is 0 Å². The summed E-state index contributed by atoms with van der Waals surface area (Å²) in [5, 5.41) is 3.39. The highest BCUT2D eigenvalue weighted by Gasteiger charge is 2.19. The van der Waals surface area contributed by atoms with Gasteiger partial charge in [-0.15, -0.1) is 0 Å². The van der Waals surface area contributed by atoms with E-state index in [0.717, 1.165) is 28.6 Å². The first-order valence-electron chi connectivity index (χ1n) is 7.59. The summed E-state index contributed by atoms with van der Waals surface area (Å²) in [6.07, 6.45) is -0.00240. The van der Waals surface area contributed by atoms with Crippen LogP contribution in [-0.2, 0) is 6.54 Å². The minimum atomic E-state index is -0.00240. The van der Waals surface area contributed by atoms with Crippen molar-refractivity contribution < 1.29 is 18.9 Å². The minimum Gasteiger partial charge on any atom is -0.497 e. The molecule has 5 heteroatoms. The van der Waals surface area contributed by atoms with E-state index in [1.165, 1.54) is 0 Å². The second-order valence-corrected chi connectivity index (χ2v) is 5.35. The maximum atomic E-state index is 5.92. The van der Waals surface area contributed by atoms with E-state index in [9.17, 15) is 0 Å². The van der Waals surface area contributed by atoms with Crippen LogP contribution in [0.4, 0.5) is 0 Å². The molecule has 1 aliphatic rings. The van der Waals surface area contributed by atoms with Gasteiger partial charge in [0.15, 0.2) is 11.5 Å². The van der Waals surface area contributed by atoms with Crippen LogP contribution in [0.3, 0.4) is 0 Å². The van der Waals surface area contributed by atoms with Crippen molar-refractivity contribution >= 4 is 0 Å². The number of benzene rings is 2. The summed E-state index contributed by atoms with van der Waals surface area (Å²) in [5.74, 6) is 3.18. The zero-order valence-corrected chi connectivity index (χ0v) is 13.4. The average Bonchev–Trinajstić information content (AvgIpc) is 2.61. The Kier molecular flexibility index (Phi) is 4.88.